The van der Waals surface area contributed by atoms with Crippen molar-refractivity contribution in [3.05, 3.63) is 47.9 Å². The van der Waals surface area contributed by atoms with E-state index >= 15 is 0 Å². The largest absolute Gasteiger partial charge is 0.399 e. The standard InChI is InChI=1S/C10H12N2/c1-8(11)5-6-10-4-3-7-12-9(10)2/h3-7H,1,11H2,2H3/b6-5-. The maximum absolute atomic E-state index is 5.39. The molecule has 0 saturated carbocycles. The summed E-state index contributed by atoms with van der Waals surface area (Å²) in [6, 6.07) is 3.88. The molecule has 0 radical (unpaired) electrons. The maximum Gasteiger partial charge on any atom is 0.0444 e. The van der Waals surface area contributed by atoms with Crippen LogP contribution in [0, 0.1) is 6.92 Å². The van der Waals surface area contributed by atoms with Gasteiger partial charge in [-0.05, 0) is 24.6 Å². The summed E-state index contributed by atoms with van der Waals surface area (Å²) in [5, 5.41) is 0. The Kier molecular flexibility index (Phi) is 2.64. The van der Waals surface area contributed by atoms with E-state index in [1.54, 1.807) is 12.3 Å². The highest BCUT2D eigenvalue weighted by Gasteiger charge is 1.91. The van der Waals surface area contributed by atoms with Crippen molar-refractivity contribution in [3.63, 3.8) is 0 Å². The number of rotatable bonds is 2. The minimum atomic E-state index is 0.554. The molecule has 1 aromatic rings. The summed E-state index contributed by atoms with van der Waals surface area (Å²) in [5.74, 6) is 0. The molecule has 0 amide bonds. The van der Waals surface area contributed by atoms with Gasteiger partial charge in [-0.2, -0.15) is 0 Å². The molecule has 12 heavy (non-hydrogen) atoms. The highest BCUT2D eigenvalue weighted by Crippen LogP contribution is 2.05. The predicted octanol–water partition coefficient (Wildman–Crippen LogP) is 1.88. The second-order valence-corrected chi connectivity index (χ2v) is 2.59. The second kappa shape index (κ2) is 3.72. The van der Waals surface area contributed by atoms with Crippen LogP contribution in [0.5, 0.6) is 0 Å². The van der Waals surface area contributed by atoms with Gasteiger partial charge in [0.25, 0.3) is 0 Å². The van der Waals surface area contributed by atoms with Crippen molar-refractivity contribution in [1.29, 1.82) is 0 Å². The average molecular weight is 160 g/mol. The lowest BCUT2D eigenvalue weighted by molar-refractivity contribution is 1.19. The van der Waals surface area contributed by atoms with Gasteiger partial charge in [-0.3, -0.25) is 4.98 Å². The maximum atomic E-state index is 5.39. The molecule has 0 aromatic carbocycles. The molecule has 0 saturated heterocycles. The first kappa shape index (κ1) is 8.53. The summed E-state index contributed by atoms with van der Waals surface area (Å²) in [5.41, 5.74) is 8.01. The SMILES string of the molecule is C=C(N)/C=C\c1cccnc1C. The zero-order valence-electron chi connectivity index (χ0n) is 7.12. The summed E-state index contributed by atoms with van der Waals surface area (Å²) in [4.78, 5) is 4.14. The zero-order chi connectivity index (χ0) is 8.97. The van der Waals surface area contributed by atoms with Gasteiger partial charge >= 0.3 is 0 Å². The molecule has 0 spiro atoms. The van der Waals surface area contributed by atoms with E-state index in [2.05, 4.69) is 11.6 Å². The Morgan fingerprint density at radius 3 is 3.00 bits per heavy atom. The quantitative estimate of drug-likeness (QED) is 0.671. The molecular formula is C10H12N2. The molecule has 1 aromatic heterocycles. The van der Waals surface area contributed by atoms with Gasteiger partial charge in [0.05, 0.1) is 0 Å². The fraction of sp³-hybridized carbons (Fsp3) is 0.100. The lowest BCUT2D eigenvalue weighted by Gasteiger charge is -1.96. The van der Waals surface area contributed by atoms with E-state index in [9.17, 15) is 0 Å². The monoisotopic (exact) mass is 160 g/mol. The van der Waals surface area contributed by atoms with E-state index in [-0.39, 0.29) is 0 Å². The van der Waals surface area contributed by atoms with Crippen LogP contribution in [0.2, 0.25) is 0 Å². The van der Waals surface area contributed by atoms with Crippen LogP contribution in [-0.2, 0) is 0 Å². The molecule has 0 bridgehead atoms. The average Bonchev–Trinajstić information content (AvgIpc) is 2.03. The number of hydrogen-bond acceptors (Lipinski definition) is 2. The molecule has 0 aliphatic carbocycles. The number of aryl methyl sites for hydroxylation is 1. The lowest BCUT2D eigenvalue weighted by Crippen LogP contribution is -1.89. The predicted molar refractivity (Wildman–Crippen MR) is 51.3 cm³/mol. The van der Waals surface area contributed by atoms with E-state index in [0.717, 1.165) is 11.3 Å². The van der Waals surface area contributed by atoms with Crippen molar-refractivity contribution in [2.45, 2.75) is 6.92 Å². The Balaban J connectivity index is 2.89. The first-order chi connectivity index (χ1) is 5.70. The number of allylic oxidation sites excluding steroid dienone is 1. The Morgan fingerprint density at radius 1 is 1.67 bits per heavy atom. The smallest absolute Gasteiger partial charge is 0.0444 e. The molecule has 2 heteroatoms. The van der Waals surface area contributed by atoms with E-state index < -0.39 is 0 Å². The van der Waals surface area contributed by atoms with E-state index in [4.69, 9.17) is 5.73 Å². The van der Waals surface area contributed by atoms with Crippen LogP contribution in [-0.4, -0.2) is 4.98 Å². The van der Waals surface area contributed by atoms with Crippen molar-refractivity contribution in [2.24, 2.45) is 5.73 Å². The second-order valence-electron chi connectivity index (χ2n) is 2.59. The van der Waals surface area contributed by atoms with Crippen molar-refractivity contribution in [2.75, 3.05) is 0 Å². The van der Waals surface area contributed by atoms with Gasteiger partial charge in [0.1, 0.15) is 0 Å². The van der Waals surface area contributed by atoms with Crippen molar-refractivity contribution in [3.8, 4) is 0 Å². The molecule has 0 atom stereocenters. The van der Waals surface area contributed by atoms with Crippen LogP contribution in [0.3, 0.4) is 0 Å². The van der Waals surface area contributed by atoms with E-state index in [1.165, 1.54) is 0 Å². The van der Waals surface area contributed by atoms with Crippen LogP contribution in [0.4, 0.5) is 0 Å². The number of nitrogens with two attached hydrogens (primary N) is 1. The number of hydrogen-bond donors (Lipinski definition) is 1. The summed E-state index contributed by atoms with van der Waals surface area (Å²) in [6.07, 6.45) is 5.44. The van der Waals surface area contributed by atoms with Crippen LogP contribution >= 0.6 is 0 Å². The molecular weight excluding hydrogens is 148 g/mol. The van der Waals surface area contributed by atoms with Gasteiger partial charge in [-0.1, -0.05) is 18.7 Å². The fourth-order valence-corrected chi connectivity index (χ4v) is 0.870. The molecule has 0 aliphatic rings. The third-order valence-corrected chi connectivity index (χ3v) is 1.52. The molecule has 2 nitrogen and oxygen atoms in total. The van der Waals surface area contributed by atoms with Crippen molar-refractivity contribution < 1.29 is 0 Å². The van der Waals surface area contributed by atoms with Crippen LogP contribution in [0.25, 0.3) is 6.08 Å². The molecule has 0 unspecified atom stereocenters. The first-order valence-corrected chi connectivity index (χ1v) is 3.74. The van der Waals surface area contributed by atoms with Crippen molar-refractivity contribution in [1.82, 2.24) is 4.98 Å². The number of aromatic nitrogens is 1. The Hall–Kier alpha value is -1.57. The first-order valence-electron chi connectivity index (χ1n) is 3.74. The van der Waals surface area contributed by atoms with E-state index in [1.807, 2.05) is 25.1 Å². The van der Waals surface area contributed by atoms with Crippen molar-refractivity contribution >= 4 is 6.08 Å². The van der Waals surface area contributed by atoms with Gasteiger partial charge < -0.3 is 5.73 Å². The number of nitrogens with zero attached hydrogens (tertiary/aromatic N) is 1. The molecule has 0 aliphatic heterocycles. The number of pyridine rings is 1. The molecule has 1 heterocycles. The highest BCUT2D eigenvalue weighted by atomic mass is 14.7. The summed E-state index contributed by atoms with van der Waals surface area (Å²) in [6.45, 7) is 5.53. The fourth-order valence-electron chi connectivity index (χ4n) is 0.870. The van der Waals surface area contributed by atoms with Gasteiger partial charge in [0, 0.05) is 17.6 Å². The summed E-state index contributed by atoms with van der Waals surface area (Å²) in [7, 11) is 0. The third kappa shape index (κ3) is 2.23. The minimum absolute atomic E-state index is 0.554. The van der Waals surface area contributed by atoms with Crippen LogP contribution in [0.15, 0.2) is 36.7 Å². The molecule has 0 fully saturated rings. The normalized spacial score (nSPS) is 10.4. The van der Waals surface area contributed by atoms with Crippen LogP contribution < -0.4 is 5.73 Å². The summed E-state index contributed by atoms with van der Waals surface area (Å²) >= 11 is 0. The zero-order valence-corrected chi connectivity index (χ0v) is 7.12. The van der Waals surface area contributed by atoms with Gasteiger partial charge in [-0.15, -0.1) is 0 Å². The molecule has 1 rings (SSSR count). The Bertz CT molecular complexity index is 313. The molecule has 62 valence electrons. The van der Waals surface area contributed by atoms with Gasteiger partial charge in [0.15, 0.2) is 0 Å². The highest BCUT2D eigenvalue weighted by molar-refractivity contribution is 5.53. The minimum Gasteiger partial charge on any atom is -0.399 e. The third-order valence-electron chi connectivity index (χ3n) is 1.52. The molecule has 2 N–H and O–H groups in total. The van der Waals surface area contributed by atoms with Crippen LogP contribution in [0.1, 0.15) is 11.3 Å². The Labute approximate surface area is 72.4 Å². The summed E-state index contributed by atoms with van der Waals surface area (Å²) < 4.78 is 0. The lowest BCUT2D eigenvalue weighted by atomic mass is 10.2. The van der Waals surface area contributed by atoms with Gasteiger partial charge in [0.2, 0.25) is 0 Å². The van der Waals surface area contributed by atoms with Gasteiger partial charge in [-0.25, -0.2) is 0 Å². The topological polar surface area (TPSA) is 38.9 Å². The van der Waals surface area contributed by atoms with E-state index in [0.29, 0.717) is 5.70 Å². The Morgan fingerprint density at radius 2 is 2.42 bits per heavy atom.